The van der Waals surface area contributed by atoms with Crippen molar-refractivity contribution in [3.63, 3.8) is 0 Å². The van der Waals surface area contributed by atoms with Crippen LogP contribution in [0.3, 0.4) is 0 Å². The van der Waals surface area contributed by atoms with Gasteiger partial charge in [-0.15, -0.1) is 0 Å². The lowest BCUT2D eigenvalue weighted by Crippen LogP contribution is -2.33. The van der Waals surface area contributed by atoms with Crippen LogP contribution in [0.25, 0.3) is 11.0 Å². The van der Waals surface area contributed by atoms with Gasteiger partial charge >= 0.3 is 0 Å². The predicted octanol–water partition coefficient (Wildman–Crippen LogP) is -1.76. The van der Waals surface area contributed by atoms with Crippen LogP contribution in [0, 0.1) is 0 Å². The normalized spacial score (nSPS) is 30.0. The molecule has 1 aliphatic heterocycles. The van der Waals surface area contributed by atoms with Crippen LogP contribution >= 0.6 is 0 Å². The quantitative estimate of drug-likeness (QED) is 0.413. The second kappa shape index (κ2) is 4.92. The second-order valence-electron chi connectivity index (χ2n) is 4.39. The SMILES string of the molecule is OC[C@H]1O[C@@H](n2ncc3c(NO)ncnc32)[C@H](O)[C@@H]1O. The van der Waals surface area contributed by atoms with E-state index in [-0.39, 0.29) is 5.82 Å². The zero-order chi connectivity index (χ0) is 14.3. The highest BCUT2D eigenvalue weighted by Gasteiger charge is 2.44. The van der Waals surface area contributed by atoms with E-state index in [0.717, 1.165) is 0 Å². The highest BCUT2D eigenvalue weighted by molar-refractivity contribution is 5.85. The highest BCUT2D eigenvalue weighted by Crippen LogP contribution is 2.31. The molecule has 108 valence electrons. The molecule has 1 saturated heterocycles. The third-order valence-electron chi connectivity index (χ3n) is 3.26. The average molecular weight is 283 g/mol. The molecule has 0 saturated carbocycles. The predicted molar refractivity (Wildman–Crippen MR) is 63.7 cm³/mol. The minimum atomic E-state index is -1.25. The molecule has 3 heterocycles. The number of ether oxygens (including phenoxy) is 1. The van der Waals surface area contributed by atoms with Crippen molar-refractivity contribution in [2.75, 3.05) is 12.1 Å². The molecule has 0 aromatic carbocycles. The number of fused-ring (bicyclic) bond motifs is 1. The van der Waals surface area contributed by atoms with Gasteiger partial charge in [-0.2, -0.15) is 5.10 Å². The molecule has 2 aromatic heterocycles. The lowest BCUT2D eigenvalue weighted by Gasteiger charge is -2.15. The Morgan fingerprint density at radius 3 is 2.75 bits per heavy atom. The molecule has 0 spiro atoms. The number of nitrogens with zero attached hydrogens (tertiary/aromatic N) is 4. The molecule has 0 amide bonds. The van der Waals surface area contributed by atoms with E-state index in [4.69, 9.17) is 15.1 Å². The Morgan fingerprint density at radius 2 is 2.10 bits per heavy atom. The zero-order valence-corrected chi connectivity index (χ0v) is 10.2. The van der Waals surface area contributed by atoms with Crippen molar-refractivity contribution in [1.29, 1.82) is 0 Å². The molecule has 10 heteroatoms. The summed E-state index contributed by atoms with van der Waals surface area (Å²) in [5.74, 6) is 0.160. The maximum absolute atomic E-state index is 9.96. The molecule has 3 rings (SSSR count). The van der Waals surface area contributed by atoms with Gasteiger partial charge in [0.2, 0.25) is 0 Å². The van der Waals surface area contributed by atoms with Gasteiger partial charge in [0.05, 0.1) is 18.2 Å². The summed E-state index contributed by atoms with van der Waals surface area (Å²) in [5.41, 5.74) is 2.23. The fraction of sp³-hybridized carbons (Fsp3) is 0.500. The second-order valence-corrected chi connectivity index (χ2v) is 4.39. The van der Waals surface area contributed by atoms with E-state index >= 15 is 0 Å². The van der Waals surface area contributed by atoms with Crippen LogP contribution < -0.4 is 5.48 Å². The summed E-state index contributed by atoms with van der Waals surface area (Å²) in [6, 6.07) is 0. The molecular weight excluding hydrogens is 270 g/mol. The van der Waals surface area contributed by atoms with Crippen LogP contribution in [0.2, 0.25) is 0 Å². The summed E-state index contributed by atoms with van der Waals surface area (Å²) >= 11 is 0. The van der Waals surface area contributed by atoms with Crippen molar-refractivity contribution in [3.05, 3.63) is 12.5 Å². The lowest BCUT2D eigenvalue weighted by atomic mass is 10.1. The summed E-state index contributed by atoms with van der Waals surface area (Å²) in [6.07, 6.45) is -1.76. The van der Waals surface area contributed by atoms with E-state index in [1.54, 1.807) is 0 Å². The number of aliphatic hydroxyl groups excluding tert-OH is 3. The van der Waals surface area contributed by atoms with E-state index in [1.165, 1.54) is 17.2 Å². The molecule has 1 fully saturated rings. The molecule has 0 unspecified atom stereocenters. The standard InChI is InChI=1S/C10H13N5O5/c16-2-5-6(17)7(18)10(20-5)15-9-4(1-13-15)8(14-19)11-3-12-9/h1,3,5-7,10,16-19H,2H2,(H,11,12,14)/t5-,6-,7-,10-/m1/s1. The molecule has 20 heavy (non-hydrogen) atoms. The average Bonchev–Trinajstić information content (AvgIpc) is 3.01. The van der Waals surface area contributed by atoms with Crippen LogP contribution in [0.4, 0.5) is 5.82 Å². The third kappa shape index (κ3) is 1.82. The fourth-order valence-electron chi connectivity index (χ4n) is 2.22. The van der Waals surface area contributed by atoms with Crippen molar-refractivity contribution in [3.8, 4) is 0 Å². The van der Waals surface area contributed by atoms with Crippen LogP contribution in [-0.2, 0) is 4.74 Å². The molecule has 4 atom stereocenters. The number of rotatable bonds is 3. The zero-order valence-electron chi connectivity index (χ0n) is 10.2. The Labute approximate surface area is 112 Å². The molecule has 5 N–H and O–H groups in total. The van der Waals surface area contributed by atoms with Gasteiger partial charge in [-0.3, -0.25) is 10.7 Å². The van der Waals surface area contributed by atoms with Gasteiger partial charge in [0.1, 0.15) is 24.6 Å². The monoisotopic (exact) mass is 283 g/mol. The summed E-state index contributed by atoms with van der Waals surface area (Å²) in [5, 5.41) is 42.2. The van der Waals surface area contributed by atoms with Crippen molar-refractivity contribution in [1.82, 2.24) is 19.7 Å². The number of aliphatic hydroxyl groups is 3. The van der Waals surface area contributed by atoms with Crippen molar-refractivity contribution < 1.29 is 25.3 Å². The van der Waals surface area contributed by atoms with Crippen LogP contribution in [0.5, 0.6) is 0 Å². The van der Waals surface area contributed by atoms with E-state index < -0.39 is 31.1 Å². The van der Waals surface area contributed by atoms with Gasteiger partial charge < -0.3 is 20.1 Å². The van der Waals surface area contributed by atoms with Crippen LogP contribution in [-0.4, -0.2) is 65.2 Å². The summed E-state index contributed by atoms with van der Waals surface area (Å²) in [4.78, 5) is 7.82. The Balaban J connectivity index is 2.03. The van der Waals surface area contributed by atoms with Crippen molar-refractivity contribution in [2.24, 2.45) is 0 Å². The maximum Gasteiger partial charge on any atom is 0.181 e. The van der Waals surface area contributed by atoms with Crippen LogP contribution in [0.1, 0.15) is 6.23 Å². The lowest BCUT2D eigenvalue weighted by molar-refractivity contribution is -0.0566. The molecule has 10 nitrogen and oxygen atoms in total. The van der Waals surface area contributed by atoms with E-state index in [1.807, 2.05) is 5.48 Å². The molecule has 0 bridgehead atoms. The molecule has 1 aliphatic rings. The van der Waals surface area contributed by atoms with Crippen molar-refractivity contribution in [2.45, 2.75) is 24.5 Å². The minimum absolute atomic E-state index is 0.160. The van der Waals surface area contributed by atoms with Gasteiger partial charge in [-0.1, -0.05) is 0 Å². The number of hydrogen-bond donors (Lipinski definition) is 5. The van der Waals surface area contributed by atoms with Gasteiger partial charge in [-0.05, 0) is 0 Å². The van der Waals surface area contributed by atoms with Gasteiger partial charge in [0.15, 0.2) is 17.7 Å². The first-order valence-corrected chi connectivity index (χ1v) is 5.88. The maximum atomic E-state index is 9.96. The minimum Gasteiger partial charge on any atom is -0.394 e. The number of hydrogen-bond acceptors (Lipinski definition) is 9. The number of nitrogens with one attached hydrogen (secondary N) is 1. The largest absolute Gasteiger partial charge is 0.394 e. The van der Waals surface area contributed by atoms with Gasteiger partial charge in [0, 0.05) is 0 Å². The molecule has 2 aromatic rings. The van der Waals surface area contributed by atoms with E-state index in [2.05, 4.69) is 15.1 Å². The van der Waals surface area contributed by atoms with E-state index in [9.17, 15) is 10.2 Å². The van der Waals surface area contributed by atoms with Gasteiger partial charge in [-0.25, -0.2) is 14.6 Å². The summed E-state index contributed by atoms with van der Waals surface area (Å²) in [7, 11) is 0. The summed E-state index contributed by atoms with van der Waals surface area (Å²) < 4.78 is 6.63. The Hall–Kier alpha value is -1.85. The first-order valence-electron chi connectivity index (χ1n) is 5.88. The number of aromatic nitrogens is 4. The Morgan fingerprint density at radius 1 is 1.30 bits per heavy atom. The molecular formula is C10H13N5O5. The van der Waals surface area contributed by atoms with Crippen LogP contribution in [0.15, 0.2) is 12.5 Å². The highest BCUT2D eigenvalue weighted by atomic mass is 16.6. The topological polar surface area (TPSA) is 146 Å². The van der Waals surface area contributed by atoms with Crippen molar-refractivity contribution >= 4 is 16.9 Å². The first kappa shape index (κ1) is 13.1. The Bertz CT molecular complexity index is 619. The number of anilines is 1. The van der Waals surface area contributed by atoms with E-state index in [0.29, 0.717) is 11.0 Å². The summed E-state index contributed by atoms with van der Waals surface area (Å²) in [6.45, 7) is -0.424. The Kier molecular flexibility index (Phi) is 3.23. The third-order valence-corrected chi connectivity index (χ3v) is 3.26. The van der Waals surface area contributed by atoms with Gasteiger partial charge in [0.25, 0.3) is 0 Å². The smallest absolute Gasteiger partial charge is 0.181 e. The molecule has 0 aliphatic carbocycles. The molecule has 0 radical (unpaired) electrons. The first-order chi connectivity index (χ1) is 9.67. The fourth-order valence-corrected chi connectivity index (χ4v) is 2.22.